The van der Waals surface area contributed by atoms with E-state index in [2.05, 4.69) is 15.6 Å². The Hall–Kier alpha value is -3.42. The fourth-order valence-electron chi connectivity index (χ4n) is 2.87. The van der Waals surface area contributed by atoms with Gasteiger partial charge in [0.15, 0.2) is 0 Å². The van der Waals surface area contributed by atoms with Crippen LogP contribution in [0.25, 0.3) is 10.9 Å². The summed E-state index contributed by atoms with van der Waals surface area (Å²) in [6.45, 7) is 0. The Labute approximate surface area is 180 Å². The lowest BCUT2D eigenvalue weighted by Gasteiger charge is -2.14. The van der Waals surface area contributed by atoms with Crippen molar-refractivity contribution in [3.05, 3.63) is 92.7 Å². The molecule has 3 aromatic carbocycles. The summed E-state index contributed by atoms with van der Waals surface area (Å²) in [5, 5.41) is 11.9. The van der Waals surface area contributed by atoms with Gasteiger partial charge in [-0.3, -0.25) is 4.79 Å². The molecule has 30 heavy (non-hydrogen) atoms. The van der Waals surface area contributed by atoms with Crippen molar-refractivity contribution in [2.24, 2.45) is 0 Å². The minimum absolute atomic E-state index is 0.119. The molecule has 0 amide bonds. The maximum absolute atomic E-state index is 12.5. The van der Waals surface area contributed by atoms with Crippen LogP contribution in [0.15, 0.2) is 71.5 Å². The van der Waals surface area contributed by atoms with Crippen LogP contribution in [0.3, 0.4) is 0 Å². The van der Waals surface area contributed by atoms with Gasteiger partial charge >= 0.3 is 11.5 Å². The van der Waals surface area contributed by atoms with Gasteiger partial charge < -0.3 is 10.2 Å². The Balaban J connectivity index is 1.56. The summed E-state index contributed by atoms with van der Waals surface area (Å²) in [4.78, 5) is 30.6. The van der Waals surface area contributed by atoms with Gasteiger partial charge in [0.05, 0.1) is 27.5 Å². The molecule has 1 aromatic heterocycles. The molecular formula is C21H14Cl2N4O3. The van der Waals surface area contributed by atoms with E-state index in [1.54, 1.807) is 66.7 Å². The van der Waals surface area contributed by atoms with Crippen molar-refractivity contribution in [2.75, 3.05) is 5.32 Å². The summed E-state index contributed by atoms with van der Waals surface area (Å²) >= 11 is 12.4. The largest absolute Gasteiger partial charge is 0.353 e. The van der Waals surface area contributed by atoms with E-state index in [0.29, 0.717) is 42.7 Å². The molecule has 0 saturated carbocycles. The van der Waals surface area contributed by atoms with Crippen LogP contribution < -0.4 is 15.7 Å². The average molecular weight is 441 g/mol. The number of carbonyl (C=O) groups excluding carboxylic acids is 1. The van der Waals surface area contributed by atoms with E-state index in [9.17, 15) is 9.59 Å². The van der Waals surface area contributed by atoms with Crippen molar-refractivity contribution < 1.29 is 9.63 Å². The van der Waals surface area contributed by atoms with Crippen LogP contribution in [0.1, 0.15) is 5.56 Å². The molecular weight excluding hydrogens is 427 g/mol. The molecule has 0 saturated heterocycles. The van der Waals surface area contributed by atoms with Gasteiger partial charge in [-0.25, -0.2) is 4.79 Å². The van der Waals surface area contributed by atoms with E-state index in [1.165, 1.54) is 0 Å². The zero-order valence-corrected chi connectivity index (χ0v) is 16.9. The molecule has 0 atom stereocenters. The Morgan fingerprint density at radius 2 is 1.67 bits per heavy atom. The number of halogens is 2. The van der Waals surface area contributed by atoms with Crippen LogP contribution in [0.4, 0.5) is 11.4 Å². The van der Waals surface area contributed by atoms with Crippen molar-refractivity contribution in [1.29, 1.82) is 0 Å². The predicted molar refractivity (Wildman–Crippen MR) is 115 cm³/mol. The second-order valence-corrected chi connectivity index (χ2v) is 7.12. The Morgan fingerprint density at radius 1 is 0.967 bits per heavy atom. The monoisotopic (exact) mass is 440 g/mol. The van der Waals surface area contributed by atoms with E-state index in [4.69, 9.17) is 28.0 Å². The van der Waals surface area contributed by atoms with E-state index in [0.717, 1.165) is 0 Å². The lowest BCUT2D eigenvalue weighted by Crippen LogP contribution is -2.34. The maximum atomic E-state index is 12.5. The summed E-state index contributed by atoms with van der Waals surface area (Å²) in [7, 11) is 0. The lowest BCUT2D eigenvalue weighted by atomic mass is 10.1. The average Bonchev–Trinajstić information content (AvgIpc) is 2.74. The topological polar surface area (TPSA) is 86.1 Å². The first kappa shape index (κ1) is 19.9. The molecule has 0 aliphatic heterocycles. The first-order chi connectivity index (χ1) is 14.5. The Bertz CT molecular complexity index is 1290. The Kier molecular flexibility index (Phi) is 5.65. The van der Waals surface area contributed by atoms with Gasteiger partial charge in [-0.15, -0.1) is 5.10 Å². The second kappa shape index (κ2) is 8.52. The molecule has 0 aliphatic rings. The SMILES string of the molecule is O=C(Cc1ccccc1Nc1c(Cl)cccc1Cl)On1nnc2ccccc2c1=O. The van der Waals surface area contributed by atoms with Gasteiger partial charge in [-0.2, -0.15) is 0 Å². The smallest absolute Gasteiger partial charge is 0.339 e. The molecule has 4 aromatic rings. The quantitative estimate of drug-likeness (QED) is 0.471. The maximum Gasteiger partial charge on any atom is 0.339 e. The second-order valence-electron chi connectivity index (χ2n) is 6.30. The molecule has 0 bridgehead atoms. The number of aromatic nitrogens is 3. The number of rotatable bonds is 5. The summed E-state index contributed by atoms with van der Waals surface area (Å²) in [6, 6.07) is 18.9. The molecule has 1 heterocycles. The van der Waals surface area contributed by atoms with E-state index in [1.807, 2.05) is 0 Å². The number of carbonyl (C=O) groups is 1. The Morgan fingerprint density at radius 3 is 2.47 bits per heavy atom. The molecule has 0 fully saturated rings. The molecule has 7 nitrogen and oxygen atoms in total. The first-order valence-electron chi connectivity index (χ1n) is 8.88. The molecule has 0 aliphatic carbocycles. The van der Waals surface area contributed by atoms with Crippen molar-refractivity contribution in [1.82, 2.24) is 15.2 Å². The molecule has 0 spiro atoms. The van der Waals surface area contributed by atoms with Crippen molar-refractivity contribution in [3.63, 3.8) is 0 Å². The zero-order chi connectivity index (χ0) is 21.1. The molecule has 150 valence electrons. The van der Waals surface area contributed by atoms with Crippen molar-refractivity contribution in [2.45, 2.75) is 6.42 Å². The summed E-state index contributed by atoms with van der Waals surface area (Å²) in [6.07, 6.45) is -0.119. The normalized spacial score (nSPS) is 10.7. The first-order valence-corrected chi connectivity index (χ1v) is 9.63. The third-order valence-electron chi connectivity index (χ3n) is 4.30. The number of fused-ring (bicyclic) bond motifs is 1. The molecule has 9 heteroatoms. The van der Waals surface area contributed by atoms with E-state index in [-0.39, 0.29) is 6.42 Å². The highest BCUT2D eigenvalue weighted by atomic mass is 35.5. The van der Waals surface area contributed by atoms with Crippen LogP contribution in [0.5, 0.6) is 0 Å². The number of para-hydroxylation sites is 2. The summed E-state index contributed by atoms with van der Waals surface area (Å²) in [5.74, 6) is -0.679. The van der Waals surface area contributed by atoms with E-state index >= 15 is 0 Å². The minimum Gasteiger partial charge on any atom is -0.353 e. The number of benzene rings is 3. The third-order valence-corrected chi connectivity index (χ3v) is 4.93. The molecule has 0 unspecified atom stereocenters. The fourth-order valence-corrected chi connectivity index (χ4v) is 3.36. The number of anilines is 2. The van der Waals surface area contributed by atoms with Gasteiger partial charge in [-0.05, 0) is 46.0 Å². The van der Waals surface area contributed by atoms with Crippen LogP contribution in [-0.2, 0) is 11.2 Å². The van der Waals surface area contributed by atoms with Gasteiger partial charge in [-0.1, -0.05) is 59.6 Å². The van der Waals surface area contributed by atoms with Gasteiger partial charge in [0.1, 0.15) is 5.52 Å². The lowest BCUT2D eigenvalue weighted by molar-refractivity contribution is -0.145. The van der Waals surface area contributed by atoms with Crippen molar-refractivity contribution in [3.8, 4) is 0 Å². The third kappa shape index (κ3) is 4.12. The molecule has 1 N–H and O–H groups in total. The summed E-state index contributed by atoms with van der Waals surface area (Å²) in [5.41, 5.74) is 1.63. The molecule has 4 rings (SSSR count). The van der Waals surface area contributed by atoms with E-state index < -0.39 is 11.5 Å². The van der Waals surface area contributed by atoms with Gasteiger partial charge in [0.2, 0.25) is 0 Å². The predicted octanol–water partition coefficient (Wildman–Crippen LogP) is 4.04. The van der Waals surface area contributed by atoms with Crippen LogP contribution in [0, 0.1) is 0 Å². The van der Waals surface area contributed by atoms with Crippen LogP contribution in [0.2, 0.25) is 10.0 Å². The zero-order valence-electron chi connectivity index (χ0n) is 15.4. The standard InChI is InChI=1S/C21H14Cl2N4O3/c22-15-8-5-9-16(23)20(15)24-17-10-3-1-6-13(17)12-19(28)30-27-21(29)14-7-2-4-11-18(14)25-26-27/h1-11,24H,12H2. The highest BCUT2D eigenvalue weighted by Gasteiger charge is 2.15. The van der Waals surface area contributed by atoms with Crippen molar-refractivity contribution >= 4 is 51.4 Å². The minimum atomic E-state index is -0.679. The number of nitrogens with one attached hydrogen (secondary N) is 1. The van der Waals surface area contributed by atoms with Crippen LogP contribution in [-0.4, -0.2) is 21.1 Å². The number of nitrogens with zero attached hydrogens (tertiary/aromatic N) is 3. The van der Waals surface area contributed by atoms with Gasteiger partial charge in [0, 0.05) is 5.69 Å². The highest BCUT2D eigenvalue weighted by Crippen LogP contribution is 2.33. The number of hydrogen-bond acceptors (Lipinski definition) is 6. The van der Waals surface area contributed by atoms with Crippen LogP contribution >= 0.6 is 23.2 Å². The fraction of sp³-hybridized carbons (Fsp3) is 0.0476. The highest BCUT2D eigenvalue weighted by molar-refractivity contribution is 6.39. The summed E-state index contributed by atoms with van der Waals surface area (Å²) < 4.78 is 0. The molecule has 0 radical (unpaired) electrons. The van der Waals surface area contributed by atoms with Gasteiger partial charge in [0.25, 0.3) is 0 Å². The number of hydrogen-bond donors (Lipinski definition) is 1.